The summed E-state index contributed by atoms with van der Waals surface area (Å²) >= 11 is 2.48. The van der Waals surface area contributed by atoms with Crippen LogP contribution < -0.4 is 24.8 Å². The molecule has 0 aliphatic rings. The van der Waals surface area contributed by atoms with Crippen LogP contribution in [0.5, 0.6) is 0 Å². The van der Waals surface area contributed by atoms with Crippen molar-refractivity contribution >= 4 is 20.5 Å². The van der Waals surface area contributed by atoms with E-state index in [1.54, 1.807) is 0 Å². The average molecular weight is 583 g/mol. The van der Waals surface area contributed by atoms with Gasteiger partial charge in [-0.3, -0.25) is 0 Å². The predicted octanol–water partition coefficient (Wildman–Crippen LogP) is 2.78. The third kappa shape index (κ3) is 18.7. The molecule has 0 bridgehead atoms. The fourth-order valence-electron chi connectivity index (χ4n) is 4.10. The second-order valence-electron chi connectivity index (χ2n) is 8.97. The van der Waals surface area contributed by atoms with Crippen molar-refractivity contribution in [2.75, 3.05) is 0 Å². The molecule has 30 heavy (non-hydrogen) atoms. The molecule has 1 aromatic rings. The molecule has 0 saturated heterocycles. The molecule has 0 spiro atoms. The van der Waals surface area contributed by atoms with E-state index in [1.807, 2.05) is 22.8 Å². The third-order valence-electron chi connectivity index (χ3n) is 4.50. The maximum atomic E-state index is 2.48. The van der Waals surface area contributed by atoms with Gasteiger partial charge >= 0.3 is 58.4 Å². The first kappa shape index (κ1) is 38.4. The molecule has 0 radical (unpaired) electrons. The minimum atomic E-state index is 0. The number of hydrogen-bond acceptors (Lipinski definition) is 0. The van der Waals surface area contributed by atoms with E-state index in [1.165, 1.54) is 5.56 Å². The number of hydrogen-bond donors (Lipinski definition) is 0. The van der Waals surface area contributed by atoms with Crippen LogP contribution in [0.15, 0.2) is 30.3 Å². The molecule has 180 valence electrons. The molecule has 0 N–H and O–H groups in total. The summed E-state index contributed by atoms with van der Waals surface area (Å²) in [6, 6.07) is 10.2. The van der Waals surface area contributed by atoms with Gasteiger partial charge in [-0.05, 0) is 34.0 Å². The Kier molecular flexibility index (Phi) is 28.1. The Morgan fingerprint density at radius 1 is 0.533 bits per heavy atom. The van der Waals surface area contributed by atoms with Gasteiger partial charge in [-0.25, -0.2) is 0 Å². The summed E-state index contributed by atoms with van der Waals surface area (Å²) in [6.45, 7) is 28.2. The summed E-state index contributed by atoms with van der Waals surface area (Å²) in [5.74, 6) is 0. The Balaban J connectivity index is -0.000000164. The van der Waals surface area contributed by atoms with Gasteiger partial charge in [0.05, 0.1) is 0 Å². The third-order valence-corrected chi connectivity index (χ3v) is 12.2. The van der Waals surface area contributed by atoms with Crippen molar-refractivity contribution in [3.8, 4) is 0 Å². The summed E-state index contributed by atoms with van der Waals surface area (Å²) in [5, 5.41) is 0. The van der Waals surface area contributed by atoms with E-state index < -0.39 is 0 Å². The first-order valence-corrected chi connectivity index (χ1v) is 15.0. The SMILES string of the molecule is CC(C)P(C(C)C)C(C)C.CC(C)P(C(C)C)C(C)C.[Cl-].[Cl-].[Ru+2]=[CH]c1ccccc1. The molecule has 0 atom stereocenters. The van der Waals surface area contributed by atoms with Crippen molar-refractivity contribution in [2.45, 2.75) is 117 Å². The zero-order chi connectivity index (χ0) is 22.4. The van der Waals surface area contributed by atoms with Crippen LogP contribution in [0.4, 0.5) is 0 Å². The van der Waals surface area contributed by atoms with E-state index >= 15 is 0 Å². The standard InChI is InChI=1S/2C9H21P.C7H6.2ClH.Ru/c2*1-7(2)10(8(3)4)9(5)6;1-7-5-3-2-4-6-7;;;/h2*7-9H,1-6H3;1-6H;2*1H;/q;;;;;+2/p-2. The van der Waals surface area contributed by atoms with Gasteiger partial charge in [0.2, 0.25) is 0 Å². The Labute approximate surface area is 215 Å². The summed E-state index contributed by atoms with van der Waals surface area (Å²) < 4.78 is 2.01. The molecule has 0 unspecified atom stereocenters. The first-order chi connectivity index (χ1) is 12.9. The Bertz CT molecular complexity index is 427. The molecule has 5 heteroatoms. The molecule has 0 aromatic heterocycles. The van der Waals surface area contributed by atoms with Crippen LogP contribution in [0.3, 0.4) is 0 Å². The van der Waals surface area contributed by atoms with Gasteiger partial charge in [0.15, 0.2) is 0 Å². The summed E-state index contributed by atoms with van der Waals surface area (Å²) in [4.78, 5) is 0. The van der Waals surface area contributed by atoms with Crippen LogP contribution in [-0.4, -0.2) is 38.6 Å². The summed E-state index contributed by atoms with van der Waals surface area (Å²) in [7, 11) is 0.525. The molecule has 0 nitrogen and oxygen atoms in total. The minimum absolute atomic E-state index is 0. The molecule has 1 aromatic carbocycles. The number of halogens is 2. The van der Waals surface area contributed by atoms with Crippen molar-refractivity contribution in [1.29, 1.82) is 0 Å². The molecule has 0 aliphatic carbocycles. The zero-order valence-electron chi connectivity index (χ0n) is 21.4. The van der Waals surface area contributed by atoms with Crippen molar-refractivity contribution < 1.29 is 42.7 Å². The predicted molar refractivity (Wildman–Crippen MR) is 136 cm³/mol. The van der Waals surface area contributed by atoms with Crippen molar-refractivity contribution in [3.05, 3.63) is 35.9 Å². The molecule has 1 rings (SSSR count). The molecule has 0 fully saturated rings. The molecular formula is C25H48Cl2P2Ru. The first-order valence-electron chi connectivity index (χ1n) is 10.9. The Hall–Kier alpha value is 1.15. The average Bonchev–Trinajstić information content (AvgIpc) is 2.54. The van der Waals surface area contributed by atoms with Crippen LogP contribution in [0, 0.1) is 0 Å². The zero-order valence-corrected chi connectivity index (χ0v) is 26.5. The normalized spacial score (nSPS) is 10.7. The number of rotatable bonds is 7. The molecule has 0 aliphatic heterocycles. The molecule has 0 heterocycles. The van der Waals surface area contributed by atoms with Gasteiger partial charge < -0.3 is 24.8 Å². The molecular weight excluding hydrogens is 534 g/mol. The van der Waals surface area contributed by atoms with E-state index in [0.717, 1.165) is 34.0 Å². The van der Waals surface area contributed by atoms with Gasteiger partial charge in [0, 0.05) is 0 Å². The van der Waals surface area contributed by atoms with Crippen LogP contribution in [-0.2, 0) is 17.9 Å². The molecule has 0 amide bonds. The van der Waals surface area contributed by atoms with Crippen LogP contribution in [0.25, 0.3) is 0 Å². The van der Waals surface area contributed by atoms with Gasteiger partial charge in [0.25, 0.3) is 0 Å². The monoisotopic (exact) mass is 582 g/mol. The second kappa shape index (κ2) is 22.0. The van der Waals surface area contributed by atoms with Crippen molar-refractivity contribution in [1.82, 2.24) is 0 Å². The summed E-state index contributed by atoms with van der Waals surface area (Å²) in [5.41, 5.74) is 6.64. The Morgan fingerprint density at radius 3 is 0.867 bits per heavy atom. The van der Waals surface area contributed by atoms with E-state index in [-0.39, 0.29) is 40.7 Å². The van der Waals surface area contributed by atoms with Gasteiger partial charge in [-0.15, -0.1) is 0 Å². The van der Waals surface area contributed by atoms with E-state index in [4.69, 9.17) is 0 Å². The number of benzene rings is 1. The fraction of sp³-hybridized carbons (Fsp3) is 0.720. The van der Waals surface area contributed by atoms with E-state index in [0.29, 0.717) is 0 Å². The topological polar surface area (TPSA) is 0 Å². The maximum absolute atomic E-state index is 2.48. The van der Waals surface area contributed by atoms with Crippen molar-refractivity contribution in [3.63, 3.8) is 0 Å². The van der Waals surface area contributed by atoms with Gasteiger partial charge in [0.1, 0.15) is 0 Å². The van der Waals surface area contributed by atoms with Crippen LogP contribution in [0.2, 0.25) is 0 Å². The van der Waals surface area contributed by atoms with Gasteiger partial charge in [-0.1, -0.05) is 98.9 Å². The van der Waals surface area contributed by atoms with Crippen LogP contribution in [0.1, 0.15) is 88.6 Å². The van der Waals surface area contributed by atoms with E-state index in [9.17, 15) is 0 Å². The van der Waals surface area contributed by atoms with Crippen LogP contribution >= 0.6 is 15.8 Å². The van der Waals surface area contributed by atoms with Gasteiger partial charge in [-0.2, -0.15) is 0 Å². The Morgan fingerprint density at radius 2 is 0.767 bits per heavy atom. The fourth-order valence-corrected chi connectivity index (χ4v) is 11.6. The van der Waals surface area contributed by atoms with E-state index in [2.05, 4.69) is 113 Å². The van der Waals surface area contributed by atoms with Crippen molar-refractivity contribution in [2.24, 2.45) is 0 Å². The molecule has 0 saturated carbocycles. The second-order valence-corrected chi connectivity index (χ2v) is 17.5. The quantitative estimate of drug-likeness (QED) is 0.343. The summed E-state index contributed by atoms with van der Waals surface area (Å²) in [6.07, 6.45) is 0.